The molecular formula is C17H26N2O2. The van der Waals surface area contributed by atoms with Crippen LogP contribution in [0.3, 0.4) is 0 Å². The van der Waals surface area contributed by atoms with Crippen LogP contribution < -0.4 is 10.5 Å². The van der Waals surface area contributed by atoms with Crippen molar-refractivity contribution in [1.82, 2.24) is 4.90 Å². The lowest BCUT2D eigenvalue weighted by atomic mass is 9.75. The predicted octanol–water partition coefficient (Wildman–Crippen LogP) is 2.93. The van der Waals surface area contributed by atoms with Crippen LogP contribution in [-0.2, 0) is 4.79 Å². The Bertz CT molecular complexity index is 469. The molecule has 0 aromatic heterocycles. The van der Waals surface area contributed by atoms with Crippen LogP contribution in [0.25, 0.3) is 0 Å². The van der Waals surface area contributed by atoms with Gasteiger partial charge in [-0.3, -0.25) is 4.79 Å². The zero-order valence-electron chi connectivity index (χ0n) is 13.3. The highest BCUT2D eigenvalue weighted by atomic mass is 16.5. The smallest absolute Gasteiger partial charge is 0.260 e. The Morgan fingerprint density at radius 3 is 2.33 bits per heavy atom. The molecule has 2 N–H and O–H groups in total. The first kappa shape index (κ1) is 15.7. The van der Waals surface area contributed by atoms with Gasteiger partial charge in [0.05, 0.1) is 0 Å². The highest BCUT2D eigenvalue weighted by Gasteiger charge is 2.30. The molecule has 0 saturated carbocycles. The molecule has 4 nitrogen and oxygen atoms in total. The molecule has 4 heteroatoms. The van der Waals surface area contributed by atoms with Crippen molar-refractivity contribution in [1.29, 1.82) is 0 Å². The molecule has 1 saturated heterocycles. The second kappa shape index (κ2) is 6.37. The number of hydrogen-bond donors (Lipinski definition) is 1. The fourth-order valence-corrected chi connectivity index (χ4v) is 2.80. The van der Waals surface area contributed by atoms with Gasteiger partial charge in [0, 0.05) is 18.8 Å². The van der Waals surface area contributed by atoms with Gasteiger partial charge in [-0.1, -0.05) is 20.8 Å². The maximum atomic E-state index is 12.2. The summed E-state index contributed by atoms with van der Waals surface area (Å²) in [5.74, 6) is 1.45. The van der Waals surface area contributed by atoms with Crippen molar-refractivity contribution in [2.24, 2.45) is 11.3 Å². The van der Waals surface area contributed by atoms with Crippen LogP contribution in [0.15, 0.2) is 24.3 Å². The van der Waals surface area contributed by atoms with E-state index in [2.05, 4.69) is 20.8 Å². The first-order chi connectivity index (χ1) is 9.86. The van der Waals surface area contributed by atoms with Crippen LogP contribution in [0.4, 0.5) is 5.69 Å². The molecule has 0 unspecified atom stereocenters. The summed E-state index contributed by atoms with van der Waals surface area (Å²) in [6, 6.07) is 7.12. The van der Waals surface area contributed by atoms with Gasteiger partial charge in [-0.25, -0.2) is 0 Å². The number of anilines is 1. The number of nitrogen functional groups attached to an aromatic ring is 1. The van der Waals surface area contributed by atoms with Gasteiger partial charge in [-0.2, -0.15) is 0 Å². The van der Waals surface area contributed by atoms with Gasteiger partial charge in [0.2, 0.25) is 0 Å². The number of carbonyl (C=O) groups is 1. The molecule has 116 valence electrons. The molecule has 0 radical (unpaired) electrons. The number of amides is 1. The number of hydrogen-bond acceptors (Lipinski definition) is 3. The van der Waals surface area contributed by atoms with Crippen LogP contribution in [0.1, 0.15) is 33.6 Å². The van der Waals surface area contributed by atoms with Crippen molar-refractivity contribution in [3.8, 4) is 5.75 Å². The van der Waals surface area contributed by atoms with Crippen molar-refractivity contribution < 1.29 is 9.53 Å². The van der Waals surface area contributed by atoms with Crippen molar-refractivity contribution in [2.75, 3.05) is 25.4 Å². The summed E-state index contributed by atoms with van der Waals surface area (Å²) in [5, 5.41) is 0. The topological polar surface area (TPSA) is 55.6 Å². The third-order valence-corrected chi connectivity index (χ3v) is 4.31. The largest absolute Gasteiger partial charge is 0.484 e. The molecule has 1 amide bonds. The number of nitrogens with zero attached hydrogens (tertiary/aromatic N) is 1. The van der Waals surface area contributed by atoms with Crippen LogP contribution in [0.5, 0.6) is 5.75 Å². The summed E-state index contributed by atoms with van der Waals surface area (Å²) in [6.45, 7) is 8.61. The average Bonchev–Trinajstić information content (AvgIpc) is 2.45. The Labute approximate surface area is 127 Å². The van der Waals surface area contributed by atoms with Crippen LogP contribution in [-0.4, -0.2) is 30.5 Å². The number of ether oxygens (including phenoxy) is 1. The third-order valence-electron chi connectivity index (χ3n) is 4.31. The Kier molecular flexibility index (Phi) is 4.76. The van der Waals surface area contributed by atoms with E-state index < -0.39 is 0 Å². The quantitative estimate of drug-likeness (QED) is 0.871. The lowest BCUT2D eigenvalue weighted by Gasteiger charge is -2.38. The fourth-order valence-electron chi connectivity index (χ4n) is 2.80. The predicted molar refractivity (Wildman–Crippen MR) is 85.1 cm³/mol. The molecule has 1 fully saturated rings. The first-order valence-electron chi connectivity index (χ1n) is 7.62. The van der Waals surface area contributed by atoms with Gasteiger partial charge in [-0.15, -0.1) is 0 Å². The zero-order valence-corrected chi connectivity index (χ0v) is 13.3. The van der Waals surface area contributed by atoms with Gasteiger partial charge in [0.15, 0.2) is 6.61 Å². The molecule has 21 heavy (non-hydrogen) atoms. The number of nitrogens with two attached hydrogens (primary N) is 1. The lowest BCUT2D eigenvalue weighted by Crippen LogP contribution is -2.43. The van der Waals surface area contributed by atoms with Gasteiger partial charge in [-0.05, 0) is 48.4 Å². The van der Waals surface area contributed by atoms with Crippen molar-refractivity contribution in [2.45, 2.75) is 33.6 Å². The normalized spacial score (nSPS) is 16.8. The van der Waals surface area contributed by atoms with Gasteiger partial charge < -0.3 is 15.4 Å². The maximum absolute atomic E-state index is 12.2. The van der Waals surface area contributed by atoms with Gasteiger partial charge in [0.25, 0.3) is 5.91 Å². The van der Waals surface area contributed by atoms with E-state index in [0.717, 1.165) is 25.9 Å². The minimum Gasteiger partial charge on any atom is -0.484 e. The summed E-state index contributed by atoms with van der Waals surface area (Å²) in [5.41, 5.74) is 6.64. The average molecular weight is 290 g/mol. The number of benzene rings is 1. The zero-order chi connectivity index (χ0) is 15.5. The van der Waals surface area contributed by atoms with E-state index in [1.807, 2.05) is 4.90 Å². The molecular weight excluding hydrogens is 264 g/mol. The first-order valence-corrected chi connectivity index (χ1v) is 7.62. The number of rotatable bonds is 3. The fraction of sp³-hybridized carbons (Fsp3) is 0.588. The Balaban J connectivity index is 1.78. The van der Waals surface area contributed by atoms with Crippen molar-refractivity contribution in [3.05, 3.63) is 24.3 Å². The van der Waals surface area contributed by atoms with E-state index in [4.69, 9.17) is 10.5 Å². The van der Waals surface area contributed by atoms with Crippen molar-refractivity contribution >= 4 is 11.6 Å². The summed E-state index contributed by atoms with van der Waals surface area (Å²) in [4.78, 5) is 14.1. The minimum absolute atomic E-state index is 0.0687. The summed E-state index contributed by atoms with van der Waals surface area (Å²) < 4.78 is 5.52. The molecule has 2 rings (SSSR count). The highest BCUT2D eigenvalue weighted by Crippen LogP contribution is 2.34. The summed E-state index contributed by atoms with van der Waals surface area (Å²) in [7, 11) is 0. The molecule has 0 atom stereocenters. The second-order valence-electron chi connectivity index (χ2n) is 6.88. The number of carbonyl (C=O) groups excluding carboxylic acids is 1. The highest BCUT2D eigenvalue weighted by molar-refractivity contribution is 5.77. The molecule has 1 heterocycles. The molecule has 1 aliphatic rings. The van der Waals surface area contributed by atoms with E-state index in [1.54, 1.807) is 24.3 Å². The maximum Gasteiger partial charge on any atom is 0.260 e. The van der Waals surface area contributed by atoms with E-state index in [0.29, 0.717) is 22.8 Å². The third kappa shape index (κ3) is 4.38. The number of likely N-dealkylation sites (tertiary alicyclic amines) is 1. The molecule has 0 aliphatic carbocycles. The number of piperidine rings is 1. The Morgan fingerprint density at radius 2 is 1.81 bits per heavy atom. The lowest BCUT2D eigenvalue weighted by molar-refractivity contribution is -0.135. The minimum atomic E-state index is 0.0687. The van der Waals surface area contributed by atoms with Crippen LogP contribution in [0.2, 0.25) is 0 Å². The SMILES string of the molecule is CC(C)(C)C1CCN(C(=O)COc2ccc(N)cc2)CC1. The van der Waals surface area contributed by atoms with E-state index in [9.17, 15) is 4.79 Å². The Morgan fingerprint density at radius 1 is 1.24 bits per heavy atom. The van der Waals surface area contributed by atoms with Crippen LogP contribution in [0, 0.1) is 11.3 Å². The standard InChI is InChI=1S/C17H26N2O2/c1-17(2,3)13-8-10-19(11-9-13)16(20)12-21-15-6-4-14(18)5-7-15/h4-7,13H,8-12,18H2,1-3H3. The molecule has 1 aromatic rings. The molecule has 0 spiro atoms. The van der Waals surface area contributed by atoms with Crippen LogP contribution >= 0.6 is 0 Å². The second-order valence-corrected chi connectivity index (χ2v) is 6.88. The van der Waals surface area contributed by atoms with E-state index in [-0.39, 0.29) is 12.5 Å². The summed E-state index contributed by atoms with van der Waals surface area (Å²) >= 11 is 0. The van der Waals surface area contributed by atoms with Crippen molar-refractivity contribution in [3.63, 3.8) is 0 Å². The van der Waals surface area contributed by atoms with E-state index in [1.165, 1.54) is 0 Å². The molecule has 1 aromatic carbocycles. The van der Waals surface area contributed by atoms with Gasteiger partial charge >= 0.3 is 0 Å². The molecule has 1 aliphatic heterocycles. The Hall–Kier alpha value is -1.71. The van der Waals surface area contributed by atoms with Gasteiger partial charge in [0.1, 0.15) is 5.75 Å². The monoisotopic (exact) mass is 290 g/mol. The van der Waals surface area contributed by atoms with E-state index >= 15 is 0 Å². The summed E-state index contributed by atoms with van der Waals surface area (Å²) in [6.07, 6.45) is 2.16. The molecule has 0 bridgehead atoms.